The monoisotopic (exact) mass is 467 g/mol. The van der Waals surface area contributed by atoms with Crippen molar-refractivity contribution in [1.29, 1.82) is 0 Å². The van der Waals surface area contributed by atoms with E-state index in [-0.39, 0.29) is 24.0 Å². The van der Waals surface area contributed by atoms with Gasteiger partial charge < -0.3 is 20.4 Å². The van der Waals surface area contributed by atoms with Crippen LogP contribution in [0.1, 0.15) is 53.4 Å². The third-order valence-electron chi connectivity index (χ3n) is 4.64. The Kier molecular flexibility index (Phi) is 15.0. The first-order chi connectivity index (χ1) is 11.5. The van der Waals surface area contributed by atoms with Crippen molar-refractivity contribution in [2.75, 3.05) is 52.9 Å². The van der Waals surface area contributed by atoms with Gasteiger partial charge in [0.2, 0.25) is 0 Å². The van der Waals surface area contributed by atoms with Crippen molar-refractivity contribution in [3.05, 3.63) is 0 Å². The number of rotatable bonds is 9. The highest BCUT2D eigenvalue weighted by Crippen LogP contribution is 2.08. The summed E-state index contributed by atoms with van der Waals surface area (Å²) in [5.41, 5.74) is 0. The molecular weight excluding hydrogens is 425 g/mol. The number of aliphatic imine (C=N–C) groups is 1. The van der Waals surface area contributed by atoms with E-state index in [1.807, 2.05) is 0 Å². The minimum atomic E-state index is 0. The molecule has 0 spiro atoms. The third kappa shape index (κ3) is 12.8. The fraction of sp³-hybridized carbons (Fsp3) is 0.947. The van der Waals surface area contributed by atoms with Gasteiger partial charge in [-0.2, -0.15) is 0 Å². The molecule has 0 aliphatic carbocycles. The summed E-state index contributed by atoms with van der Waals surface area (Å²) >= 11 is 0. The lowest BCUT2D eigenvalue weighted by Crippen LogP contribution is -2.42. The molecule has 0 amide bonds. The van der Waals surface area contributed by atoms with Gasteiger partial charge in [-0.05, 0) is 52.7 Å². The number of hydrogen-bond acceptors (Lipinski definition) is 3. The zero-order valence-electron chi connectivity index (χ0n) is 17.2. The molecule has 1 aliphatic heterocycles. The Balaban J connectivity index is 0.00000576. The van der Waals surface area contributed by atoms with Crippen molar-refractivity contribution < 1.29 is 0 Å². The molecule has 0 bridgehead atoms. The number of halogens is 1. The van der Waals surface area contributed by atoms with Gasteiger partial charge in [-0.25, -0.2) is 0 Å². The molecule has 2 N–H and O–H groups in total. The first-order valence-corrected chi connectivity index (χ1v) is 9.97. The lowest BCUT2D eigenvalue weighted by Gasteiger charge is -2.20. The zero-order valence-corrected chi connectivity index (χ0v) is 19.5. The summed E-state index contributed by atoms with van der Waals surface area (Å²) < 4.78 is 0. The van der Waals surface area contributed by atoms with Crippen LogP contribution in [0.15, 0.2) is 4.99 Å². The lowest BCUT2D eigenvalue weighted by molar-refractivity contribution is 0.283. The van der Waals surface area contributed by atoms with E-state index in [9.17, 15) is 0 Å². The molecule has 25 heavy (non-hydrogen) atoms. The fourth-order valence-corrected chi connectivity index (χ4v) is 3.08. The SMILES string of the molecule is CCNC(=NCCN1CCCN(C)CC1)NC(C)CCCC(C)C.I. The fourth-order valence-electron chi connectivity index (χ4n) is 3.08. The van der Waals surface area contributed by atoms with Crippen LogP contribution in [0.4, 0.5) is 0 Å². The second-order valence-electron chi connectivity index (χ2n) is 7.63. The highest BCUT2D eigenvalue weighted by molar-refractivity contribution is 14.0. The summed E-state index contributed by atoms with van der Waals surface area (Å²) in [6.45, 7) is 16.6. The summed E-state index contributed by atoms with van der Waals surface area (Å²) in [6.07, 6.45) is 5.07. The lowest BCUT2D eigenvalue weighted by atomic mass is 10.0. The van der Waals surface area contributed by atoms with Crippen LogP contribution in [0.3, 0.4) is 0 Å². The first kappa shape index (κ1) is 24.9. The predicted molar refractivity (Wildman–Crippen MR) is 121 cm³/mol. The molecule has 1 fully saturated rings. The van der Waals surface area contributed by atoms with Crippen molar-refractivity contribution >= 4 is 29.9 Å². The Bertz CT molecular complexity index is 349. The number of guanidine groups is 1. The molecule has 0 radical (unpaired) electrons. The van der Waals surface area contributed by atoms with Gasteiger partial charge in [0.25, 0.3) is 0 Å². The summed E-state index contributed by atoms with van der Waals surface area (Å²) in [4.78, 5) is 9.75. The van der Waals surface area contributed by atoms with Crippen molar-refractivity contribution in [1.82, 2.24) is 20.4 Å². The van der Waals surface area contributed by atoms with Gasteiger partial charge in [0.15, 0.2) is 5.96 Å². The Morgan fingerprint density at radius 3 is 2.52 bits per heavy atom. The van der Waals surface area contributed by atoms with E-state index in [0.717, 1.165) is 31.5 Å². The molecule has 1 heterocycles. The molecule has 1 unspecified atom stereocenters. The van der Waals surface area contributed by atoms with E-state index in [4.69, 9.17) is 4.99 Å². The van der Waals surface area contributed by atoms with Crippen LogP contribution >= 0.6 is 24.0 Å². The minimum absolute atomic E-state index is 0. The molecule has 0 aromatic heterocycles. The maximum atomic E-state index is 4.78. The maximum Gasteiger partial charge on any atom is 0.191 e. The van der Waals surface area contributed by atoms with E-state index in [2.05, 4.69) is 55.2 Å². The Morgan fingerprint density at radius 1 is 1.08 bits per heavy atom. The number of hydrogen-bond donors (Lipinski definition) is 2. The molecule has 0 saturated carbocycles. The van der Waals surface area contributed by atoms with Gasteiger partial charge in [-0.1, -0.05) is 26.7 Å². The van der Waals surface area contributed by atoms with E-state index in [1.54, 1.807) is 0 Å². The van der Waals surface area contributed by atoms with Gasteiger partial charge >= 0.3 is 0 Å². The first-order valence-electron chi connectivity index (χ1n) is 9.97. The topological polar surface area (TPSA) is 42.9 Å². The second kappa shape index (κ2) is 15.0. The number of nitrogens with one attached hydrogen (secondary N) is 2. The summed E-state index contributed by atoms with van der Waals surface area (Å²) in [7, 11) is 2.22. The molecule has 0 aromatic carbocycles. The molecular formula is C19H42IN5. The highest BCUT2D eigenvalue weighted by Gasteiger charge is 2.11. The van der Waals surface area contributed by atoms with Crippen molar-refractivity contribution in [2.24, 2.45) is 10.9 Å². The Labute approximate surface area is 173 Å². The Hall–Kier alpha value is -0.0800. The van der Waals surface area contributed by atoms with Gasteiger partial charge in [0, 0.05) is 32.2 Å². The van der Waals surface area contributed by atoms with Crippen LogP contribution in [0.2, 0.25) is 0 Å². The Morgan fingerprint density at radius 2 is 1.84 bits per heavy atom. The number of likely N-dealkylation sites (N-methyl/N-ethyl adjacent to an activating group) is 1. The van der Waals surface area contributed by atoms with E-state index < -0.39 is 0 Å². The van der Waals surface area contributed by atoms with Crippen LogP contribution in [-0.4, -0.2) is 74.7 Å². The predicted octanol–water partition coefficient (Wildman–Crippen LogP) is 3.01. The van der Waals surface area contributed by atoms with Gasteiger partial charge in [-0.15, -0.1) is 24.0 Å². The molecule has 6 heteroatoms. The molecule has 1 rings (SSSR count). The summed E-state index contributed by atoms with van der Waals surface area (Å²) in [6, 6.07) is 0.480. The third-order valence-corrected chi connectivity index (χ3v) is 4.64. The molecule has 1 aliphatic rings. The van der Waals surface area contributed by atoms with Gasteiger partial charge in [-0.3, -0.25) is 4.99 Å². The van der Waals surface area contributed by atoms with E-state index in [0.29, 0.717) is 6.04 Å². The minimum Gasteiger partial charge on any atom is -0.357 e. The van der Waals surface area contributed by atoms with Crippen LogP contribution in [0, 0.1) is 5.92 Å². The average molecular weight is 467 g/mol. The van der Waals surface area contributed by atoms with Gasteiger partial charge in [0.05, 0.1) is 6.54 Å². The summed E-state index contributed by atoms with van der Waals surface area (Å²) in [5.74, 6) is 1.77. The zero-order chi connectivity index (χ0) is 17.8. The van der Waals surface area contributed by atoms with E-state index in [1.165, 1.54) is 51.9 Å². The quantitative estimate of drug-likeness (QED) is 0.311. The van der Waals surface area contributed by atoms with Crippen LogP contribution in [0.25, 0.3) is 0 Å². The smallest absolute Gasteiger partial charge is 0.191 e. The van der Waals surface area contributed by atoms with E-state index >= 15 is 0 Å². The number of nitrogens with zero attached hydrogens (tertiary/aromatic N) is 3. The molecule has 1 atom stereocenters. The van der Waals surface area contributed by atoms with Crippen molar-refractivity contribution in [2.45, 2.75) is 59.4 Å². The normalized spacial score (nSPS) is 18.6. The molecule has 0 aromatic rings. The standard InChI is InChI=1S/C19H41N5.HI/c1-6-20-19(22-18(4)10-7-9-17(2)3)21-11-14-24-13-8-12-23(5)15-16-24;/h17-18H,6-16H2,1-5H3,(H2,20,21,22);1H. The van der Waals surface area contributed by atoms with Crippen LogP contribution in [0.5, 0.6) is 0 Å². The highest BCUT2D eigenvalue weighted by atomic mass is 127. The van der Waals surface area contributed by atoms with Crippen molar-refractivity contribution in [3.63, 3.8) is 0 Å². The maximum absolute atomic E-state index is 4.78. The van der Waals surface area contributed by atoms with Gasteiger partial charge in [0.1, 0.15) is 0 Å². The van der Waals surface area contributed by atoms with Crippen LogP contribution < -0.4 is 10.6 Å². The largest absolute Gasteiger partial charge is 0.357 e. The molecule has 1 saturated heterocycles. The molecule has 150 valence electrons. The van der Waals surface area contributed by atoms with Crippen LogP contribution in [-0.2, 0) is 0 Å². The molecule has 5 nitrogen and oxygen atoms in total. The summed E-state index contributed by atoms with van der Waals surface area (Å²) in [5, 5.41) is 6.94. The van der Waals surface area contributed by atoms with Crippen molar-refractivity contribution in [3.8, 4) is 0 Å². The second-order valence-corrected chi connectivity index (χ2v) is 7.63. The average Bonchev–Trinajstić information content (AvgIpc) is 2.72.